The van der Waals surface area contributed by atoms with Crippen LogP contribution >= 0.6 is 0 Å². The molecule has 30 heavy (non-hydrogen) atoms. The van der Waals surface area contributed by atoms with Gasteiger partial charge in [0.15, 0.2) is 17.1 Å². The number of benzene rings is 2. The van der Waals surface area contributed by atoms with E-state index in [0.717, 1.165) is 27.9 Å². The fourth-order valence-corrected chi connectivity index (χ4v) is 3.59. The van der Waals surface area contributed by atoms with Crippen LogP contribution in [-0.4, -0.2) is 29.0 Å². The van der Waals surface area contributed by atoms with E-state index in [9.17, 15) is 5.26 Å². The maximum Gasteiger partial charge on any atom is 0.166 e. The van der Waals surface area contributed by atoms with E-state index in [0.29, 0.717) is 28.3 Å². The number of rotatable bonds is 4. The summed E-state index contributed by atoms with van der Waals surface area (Å²) in [6.07, 6.45) is 0. The molecule has 0 aliphatic rings. The predicted molar refractivity (Wildman–Crippen MR) is 116 cm³/mol. The molecule has 0 saturated heterocycles. The number of hydrogen-bond donors (Lipinski definition) is 1. The van der Waals surface area contributed by atoms with Gasteiger partial charge in [-0.3, -0.25) is 0 Å². The van der Waals surface area contributed by atoms with E-state index in [1.165, 1.54) is 0 Å². The number of nitriles is 1. The van der Waals surface area contributed by atoms with Crippen molar-refractivity contribution in [3.63, 3.8) is 0 Å². The van der Waals surface area contributed by atoms with E-state index in [1.807, 2.05) is 50.2 Å². The summed E-state index contributed by atoms with van der Waals surface area (Å²) in [5.74, 6) is 1.32. The molecular weight excluding hydrogens is 378 g/mol. The quantitative estimate of drug-likeness (QED) is 0.553. The number of nitrogen functional groups attached to an aromatic ring is 1. The van der Waals surface area contributed by atoms with E-state index in [4.69, 9.17) is 20.3 Å². The number of hydrogen-bond acceptors (Lipinski definition) is 6. The second kappa shape index (κ2) is 7.41. The van der Waals surface area contributed by atoms with E-state index in [1.54, 1.807) is 25.0 Å². The van der Waals surface area contributed by atoms with Gasteiger partial charge in [-0.2, -0.15) is 10.4 Å². The summed E-state index contributed by atoms with van der Waals surface area (Å²) in [5, 5.41) is 15.3. The van der Waals surface area contributed by atoms with Gasteiger partial charge in [0.05, 0.1) is 31.0 Å². The zero-order chi connectivity index (χ0) is 21.4. The smallest absolute Gasteiger partial charge is 0.166 e. The van der Waals surface area contributed by atoms with Gasteiger partial charge >= 0.3 is 0 Å². The molecule has 0 aliphatic heterocycles. The van der Waals surface area contributed by atoms with Gasteiger partial charge < -0.3 is 15.2 Å². The van der Waals surface area contributed by atoms with Crippen molar-refractivity contribution in [3.8, 4) is 34.4 Å². The Kier molecular flexibility index (Phi) is 4.76. The van der Waals surface area contributed by atoms with Gasteiger partial charge in [0.25, 0.3) is 0 Å². The molecular formula is C23H21N5O2. The van der Waals surface area contributed by atoms with Gasteiger partial charge in [0, 0.05) is 5.56 Å². The summed E-state index contributed by atoms with van der Waals surface area (Å²) >= 11 is 0. The van der Waals surface area contributed by atoms with Crippen molar-refractivity contribution < 1.29 is 9.47 Å². The zero-order valence-electron chi connectivity index (χ0n) is 17.2. The molecule has 0 saturated carbocycles. The molecule has 2 N–H and O–H groups in total. The summed E-state index contributed by atoms with van der Waals surface area (Å²) < 4.78 is 12.6. The van der Waals surface area contributed by atoms with Crippen molar-refractivity contribution in [2.24, 2.45) is 0 Å². The minimum absolute atomic E-state index is 0.156. The number of pyridine rings is 1. The molecule has 0 atom stereocenters. The molecule has 4 rings (SSSR count). The Labute approximate surface area is 174 Å². The van der Waals surface area contributed by atoms with Crippen molar-refractivity contribution in [3.05, 3.63) is 59.3 Å². The molecule has 0 unspecified atom stereocenters. The Morgan fingerprint density at radius 1 is 1.00 bits per heavy atom. The molecule has 2 aromatic carbocycles. The van der Waals surface area contributed by atoms with Crippen LogP contribution in [0.15, 0.2) is 42.5 Å². The number of anilines is 1. The Hall–Kier alpha value is -4.05. The maximum atomic E-state index is 9.84. The van der Waals surface area contributed by atoms with Crippen LogP contribution in [0.1, 0.15) is 16.8 Å². The van der Waals surface area contributed by atoms with E-state index < -0.39 is 0 Å². The highest BCUT2D eigenvalue weighted by atomic mass is 16.5. The lowest BCUT2D eigenvalue weighted by atomic mass is 9.96. The Balaban J connectivity index is 2.07. The van der Waals surface area contributed by atoms with Gasteiger partial charge in [-0.1, -0.05) is 23.8 Å². The highest BCUT2D eigenvalue weighted by molar-refractivity contribution is 6.00. The highest BCUT2D eigenvalue weighted by Gasteiger charge is 2.22. The normalized spacial score (nSPS) is 10.8. The van der Waals surface area contributed by atoms with Crippen molar-refractivity contribution in [2.45, 2.75) is 13.8 Å². The maximum absolute atomic E-state index is 9.84. The number of fused-ring (bicyclic) bond motifs is 1. The molecule has 0 spiro atoms. The summed E-state index contributed by atoms with van der Waals surface area (Å²) in [4.78, 5) is 4.53. The number of nitrogens with two attached hydrogens (primary N) is 1. The average molecular weight is 399 g/mol. The number of aromatic nitrogens is 3. The molecule has 4 aromatic rings. The lowest BCUT2D eigenvalue weighted by Crippen LogP contribution is -2.03. The Morgan fingerprint density at radius 2 is 1.70 bits per heavy atom. The largest absolute Gasteiger partial charge is 0.493 e. The summed E-state index contributed by atoms with van der Waals surface area (Å²) in [6, 6.07) is 15.7. The van der Waals surface area contributed by atoms with Gasteiger partial charge in [0.2, 0.25) is 0 Å². The van der Waals surface area contributed by atoms with E-state index >= 15 is 0 Å². The van der Waals surface area contributed by atoms with Crippen molar-refractivity contribution in [1.82, 2.24) is 14.8 Å². The fourth-order valence-electron chi connectivity index (χ4n) is 3.59. The molecule has 0 fully saturated rings. The van der Waals surface area contributed by atoms with Crippen LogP contribution in [0.3, 0.4) is 0 Å². The molecule has 150 valence electrons. The third-order valence-corrected chi connectivity index (χ3v) is 5.08. The first-order valence-electron chi connectivity index (χ1n) is 9.36. The standard InChI is InChI=1S/C23H21N5O2/c1-13-5-8-16(9-6-13)28-23-20(14(2)27-28)21(17(12-24)22(25)26-23)15-7-10-18(29-3)19(11-15)30-4/h5-11H,1-4H3,(H2,25,26). The Morgan fingerprint density at radius 3 is 2.33 bits per heavy atom. The summed E-state index contributed by atoms with van der Waals surface area (Å²) in [5.41, 5.74) is 11.3. The van der Waals surface area contributed by atoms with Gasteiger partial charge in [-0.15, -0.1) is 0 Å². The molecule has 0 amide bonds. The first kappa shape index (κ1) is 19.3. The fraction of sp³-hybridized carbons (Fsp3) is 0.174. The van der Waals surface area contributed by atoms with Crippen LogP contribution in [0.5, 0.6) is 11.5 Å². The van der Waals surface area contributed by atoms with Crippen molar-refractivity contribution >= 4 is 16.9 Å². The molecule has 2 heterocycles. The average Bonchev–Trinajstić information content (AvgIpc) is 3.08. The Bertz CT molecular complexity index is 1300. The van der Waals surface area contributed by atoms with Crippen LogP contribution in [-0.2, 0) is 0 Å². The van der Waals surface area contributed by atoms with Crippen molar-refractivity contribution in [2.75, 3.05) is 20.0 Å². The van der Waals surface area contributed by atoms with Crippen molar-refractivity contribution in [1.29, 1.82) is 5.26 Å². The lowest BCUT2D eigenvalue weighted by Gasteiger charge is -2.13. The molecule has 0 radical (unpaired) electrons. The molecule has 2 aromatic heterocycles. The topological polar surface area (TPSA) is 99.0 Å². The van der Waals surface area contributed by atoms with E-state index in [2.05, 4.69) is 11.1 Å². The summed E-state index contributed by atoms with van der Waals surface area (Å²) in [7, 11) is 3.15. The van der Waals surface area contributed by atoms with Crippen LogP contribution in [0, 0.1) is 25.2 Å². The first-order chi connectivity index (χ1) is 14.5. The SMILES string of the molecule is COc1ccc(-c2c(C#N)c(N)nc3c2c(C)nn3-c2ccc(C)cc2)cc1OC. The predicted octanol–water partition coefficient (Wildman–Crippen LogP) is 4.18. The van der Waals surface area contributed by atoms with Gasteiger partial charge in [-0.05, 0) is 43.7 Å². The van der Waals surface area contributed by atoms with Crippen LogP contribution in [0.25, 0.3) is 27.8 Å². The zero-order valence-corrected chi connectivity index (χ0v) is 17.2. The van der Waals surface area contributed by atoms with Gasteiger partial charge in [0.1, 0.15) is 17.5 Å². The number of aryl methyl sites for hydroxylation is 2. The molecule has 0 bridgehead atoms. The minimum atomic E-state index is 0.156. The second-order valence-corrected chi connectivity index (χ2v) is 6.96. The second-order valence-electron chi connectivity index (χ2n) is 6.96. The number of nitrogens with zero attached hydrogens (tertiary/aromatic N) is 4. The number of methoxy groups -OCH3 is 2. The molecule has 7 nitrogen and oxygen atoms in total. The highest BCUT2D eigenvalue weighted by Crippen LogP contribution is 2.39. The lowest BCUT2D eigenvalue weighted by molar-refractivity contribution is 0.355. The first-order valence-corrected chi connectivity index (χ1v) is 9.36. The van der Waals surface area contributed by atoms with E-state index in [-0.39, 0.29) is 5.82 Å². The van der Waals surface area contributed by atoms with Crippen LogP contribution < -0.4 is 15.2 Å². The summed E-state index contributed by atoms with van der Waals surface area (Å²) in [6.45, 7) is 3.93. The third-order valence-electron chi connectivity index (χ3n) is 5.08. The van der Waals surface area contributed by atoms with Crippen LogP contribution in [0.2, 0.25) is 0 Å². The monoisotopic (exact) mass is 399 g/mol. The molecule has 7 heteroatoms. The third kappa shape index (κ3) is 2.99. The number of ether oxygens (including phenoxy) is 2. The molecule has 0 aliphatic carbocycles. The van der Waals surface area contributed by atoms with Crippen LogP contribution in [0.4, 0.5) is 5.82 Å². The minimum Gasteiger partial charge on any atom is -0.493 e. The van der Waals surface area contributed by atoms with Gasteiger partial charge in [-0.25, -0.2) is 9.67 Å².